The minimum atomic E-state index is -0.0346. The summed E-state index contributed by atoms with van der Waals surface area (Å²) in [6.45, 7) is 2.84. The molecule has 7 heteroatoms. The molecular weight excluding hydrogens is 426 g/mol. The number of likely N-dealkylation sites (tertiary alicyclic amines) is 1. The molecule has 3 nitrogen and oxygen atoms in total. The molecule has 1 fully saturated rings. The van der Waals surface area contributed by atoms with Gasteiger partial charge in [-0.05, 0) is 54.8 Å². The first kappa shape index (κ1) is 20.8. The molecule has 144 valence electrons. The molecule has 2 aromatic carbocycles. The fraction of sp³-hybridized carbons (Fsp3) is 0.350. The number of carbonyl (C=O) groups is 1. The zero-order valence-electron chi connectivity index (χ0n) is 14.7. The van der Waals surface area contributed by atoms with E-state index < -0.39 is 0 Å². The summed E-state index contributed by atoms with van der Waals surface area (Å²) in [7, 11) is 0. The topological polar surface area (TPSA) is 32.3 Å². The van der Waals surface area contributed by atoms with Crippen LogP contribution in [0.5, 0.6) is 0 Å². The number of piperidine rings is 1. The van der Waals surface area contributed by atoms with Gasteiger partial charge in [0.25, 0.3) is 0 Å². The quantitative estimate of drug-likeness (QED) is 0.627. The van der Waals surface area contributed by atoms with Crippen LogP contribution >= 0.6 is 46.4 Å². The summed E-state index contributed by atoms with van der Waals surface area (Å²) in [5, 5.41) is 5.25. The van der Waals surface area contributed by atoms with Gasteiger partial charge in [-0.25, -0.2) is 0 Å². The van der Waals surface area contributed by atoms with E-state index in [4.69, 9.17) is 46.4 Å². The second kappa shape index (κ2) is 9.49. The number of hydrogen-bond acceptors (Lipinski definition) is 2. The Morgan fingerprint density at radius 1 is 1.04 bits per heavy atom. The maximum Gasteiger partial charge on any atom is 0.224 e. The molecule has 1 aliphatic rings. The Hall–Kier alpha value is -0.970. The summed E-state index contributed by atoms with van der Waals surface area (Å²) in [6, 6.07) is 11.0. The molecule has 2 aromatic rings. The minimum absolute atomic E-state index is 0.0346. The van der Waals surface area contributed by atoms with Crippen LogP contribution in [0.25, 0.3) is 0 Å². The zero-order valence-corrected chi connectivity index (χ0v) is 17.7. The number of nitrogens with one attached hydrogen (secondary N) is 1. The van der Waals surface area contributed by atoms with Gasteiger partial charge in [0, 0.05) is 29.7 Å². The van der Waals surface area contributed by atoms with Crippen LogP contribution in [0.1, 0.15) is 24.0 Å². The molecule has 1 atom stereocenters. The van der Waals surface area contributed by atoms with E-state index >= 15 is 0 Å². The van der Waals surface area contributed by atoms with Crippen molar-refractivity contribution in [1.29, 1.82) is 0 Å². The standard InChI is InChI=1S/C20H20Cl4N2O/c21-16-5-4-14(18(23)9-16)10-25-20(27)15-2-1-7-26(12-15)11-13-3-6-17(22)19(24)8-13/h3-6,8-9,15H,1-2,7,10-12H2,(H,25,27). The van der Waals surface area contributed by atoms with Gasteiger partial charge in [0.15, 0.2) is 0 Å². The van der Waals surface area contributed by atoms with Crippen molar-refractivity contribution in [3.8, 4) is 0 Å². The van der Waals surface area contributed by atoms with Crippen LogP contribution in [0.3, 0.4) is 0 Å². The molecule has 0 saturated carbocycles. The Bertz CT molecular complexity index is 828. The SMILES string of the molecule is O=C(NCc1ccc(Cl)cc1Cl)C1CCCN(Cc2ccc(Cl)c(Cl)c2)C1. The smallest absolute Gasteiger partial charge is 0.224 e. The molecular formula is C20H20Cl4N2O. The predicted octanol–water partition coefficient (Wildman–Crippen LogP) is 5.83. The molecule has 1 N–H and O–H groups in total. The second-order valence-corrected chi connectivity index (χ2v) is 8.43. The summed E-state index contributed by atoms with van der Waals surface area (Å²) in [5.41, 5.74) is 1.95. The van der Waals surface area contributed by atoms with Gasteiger partial charge in [-0.15, -0.1) is 0 Å². The second-order valence-electron chi connectivity index (χ2n) is 6.78. The zero-order chi connectivity index (χ0) is 19.4. The Morgan fingerprint density at radius 3 is 2.59 bits per heavy atom. The number of nitrogens with zero attached hydrogens (tertiary/aromatic N) is 1. The molecule has 1 aliphatic heterocycles. The van der Waals surface area contributed by atoms with E-state index in [9.17, 15) is 4.79 Å². The fourth-order valence-electron chi connectivity index (χ4n) is 3.30. The fourth-order valence-corrected chi connectivity index (χ4v) is 4.10. The van der Waals surface area contributed by atoms with Crippen LogP contribution in [0.4, 0.5) is 0 Å². The normalized spacial score (nSPS) is 17.7. The summed E-state index contributed by atoms with van der Waals surface area (Å²) in [6.07, 6.45) is 1.87. The van der Waals surface area contributed by atoms with E-state index in [2.05, 4.69) is 10.2 Å². The Balaban J connectivity index is 1.55. The first-order valence-corrected chi connectivity index (χ1v) is 10.3. The Labute approximate surface area is 179 Å². The summed E-state index contributed by atoms with van der Waals surface area (Å²) >= 11 is 24.2. The molecule has 3 rings (SSSR count). The minimum Gasteiger partial charge on any atom is -0.352 e. The van der Waals surface area contributed by atoms with Gasteiger partial charge < -0.3 is 5.32 Å². The summed E-state index contributed by atoms with van der Waals surface area (Å²) in [4.78, 5) is 14.9. The molecule has 1 heterocycles. The molecule has 0 aliphatic carbocycles. The van der Waals surface area contributed by atoms with Gasteiger partial charge in [0.05, 0.1) is 16.0 Å². The van der Waals surface area contributed by atoms with Crippen LogP contribution in [0.15, 0.2) is 36.4 Å². The van der Waals surface area contributed by atoms with Gasteiger partial charge in [-0.1, -0.05) is 58.5 Å². The van der Waals surface area contributed by atoms with E-state index in [-0.39, 0.29) is 11.8 Å². The molecule has 27 heavy (non-hydrogen) atoms. The molecule has 1 saturated heterocycles. The van der Waals surface area contributed by atoms with Crippen molar-refractivity contribution in [2.45, 2.75) is 25.9 Å². The number of amides is 1. The van der Waals surface area contributed by atoms with Crippen LogP contribution < -0.4 is 5.32 Å². The first-order chi connectivity index (χ1) is 12.9. The molecule has 0 radical (unpaired) electrons. The maximum absolute atomic E-state index is 12.6. The molecule has 0 bridgehead atoms. The number of carbonyl (C=O) groups excluding carboxylic acids is 1. The van der Waals surface area contributed by atoms with Gasteiger partial charge in [0.1, 0.15) is 0 Å². The average Bonchev–Trinajstić information content (AvgIpc) is 2.64. The lowest BCUT2D eigenvalue weighted by Crippen LogP contribution is -2.42. The third-order valence-corrected chi connectivity index (χ3v) is 6.06. The maximum atomic E-state index is 12.6. The molecule has 0 spiro atoms. The van der Waals surface area contributed by atoms with Crippen LogP contribution in [-0.4, -0.2) is 23.9 Å². The first-order valence-electron chi connectivity index (χ1n) is 8.80. The highest BCUT2D eigenvalue weighted by Crippen LogP contribution is 2.25. The van der Waals surface area contributed by atoms with Gasteiger partial charge in [-0.3, -0.25) is 9.69 Å². The third-order valence-electron chi connectivity index (χ3n) is 4.73. The highest BCUT2D eigenvalue weighted by Gasteiger charge is 2.25. The number of halogens is 4. The van der Waals surface area contributed by atoms with Crippen molar-refractivity contribution in [3.63, 3.8) is 0 Å². The molecule has 1 amide bonds. The lowest BCUT2D eigenvalue weighted by Gasteiger charge is -2.32. The van der Waals surface area contributed by atoms with E-state index in [1.807, 2.05) is 24.3 Å². The number of rotatable bonds is 5. The van der Waals surface area contributed by atoms with E-state index in [0.29, 0.717) is 26.6 Å². The highest BCUT2D eigenvalue weighted by atomic mass is 35.5. The lowest BCUT2D eigenvalue weighted by atomic mass is 9.96. The van der Waals surface area contributed by atoms with Gasteiger partial charge in [0.2, 0.25) is 5.91 Å². The van der Waals surface area contributed by atoms with Gasteiger partial charge in [-0.2, -0.15) is 0 Å². The highest BCUT2D eigenvalue weighted by molar-refractivity contribution is 6.42. The van der Waals surface area contributed by atoms with Crippen molar-refractivity contribution in [3.05, 3.63) is 67.6 Å². The lowest BCUT2D eigenvalue weighted by molar-refractivity contribution is -0.126. The van der Waals surface area contributed by atoms with Gasteiger partial charge >= 0.3 is 0 Å². The van der Waals surface area contributed by atoms with E-state index in [0.717, 1.165) is 43.6 Å². The number of benzene rings is 2. The van der Waals surface area contributed by atoms with Crippen molar-refractivity contribution < 1.29 is 4.79 Å². The number of hydrogen-bond donors (Lipinski definition) is 1. The predicted molar refractivity (Wildman–Crippen MR) is 113 cm³/mol. The van der Waals surface area contributed by atoms with Crippen molar-refractivity contribution in [1.82, 2.24) is 10.2 Å². The summed E-state index contributed by atoms with van der Waals surface area (Å²) in [5.74, 6) is 0.0208. The third kappa shape index (κ3) is 5.75. The monoisotopic (exact) mass is 444 g/mol. The molecule has 1 unspecified atom stereocenters. The van der Waals surface area contributed by atoms with Crippen LogP contribution in [0.2, 0.25) is 20.1 Å². The van der Waals surface area contributed by atoms with Crippen molar-refractivity contribution in [2.24, 2.45) is 5.92 Å². The van der Waals surface area contributed by atoms with E-state index in [1.165, 1.54) is 0 Å². The van der Waals surface area contributed by atoms with Crippen molar-refractivity contribution >= 4 is 52.3 Å². The largest absolute Gasteiger partial charge is 0.352 e. The van der Waals surface area contributed by atoms with Crippen LogP contribution in [0, 0.1) is 5.92 Å². The van der Waals surface area contributed by atoms with Crippen molar-refractivity contribution in [2.75, 3.05) is 13.1 Å². The summed E-state index contributed by atoms with van der Waals surface area (Å²) < 4.78 is 0. The Morgan fingerprint density at radius 2 is 1.85 bits per heavy atom. The average molecular weight is 446 g/mol. The van der Waals surface area contributed by atoms with E-state index in [1.54, 1.807) is 12.1 Å². The van der Waals surface area contributed by atoms with Crippen LogP contribution in [-0.2, 0) is 17.9 Å². The Kier molecular flexibility index (Phi) is 7.29. The molecule has 0 aromatic heterocycles.